The lowest BCUT2D eigenvalue weighted by molar-refractivity contribution is -0.123. The van der Waals surface area contributed by atoms with Crippen LogP contribution in [0.5, 0.6) is 0 Å². The molecule has 18 heteroatoms. The third kappa shape index (κ3) is 14.5. The van der Waals surface area contributed by atoms with Crippen LogP contribution in [0.1, 0.15) is 19.3 Å². The number of hydrogen-bond donors (Lipinski definition) is 6. The smallest absolute Gasteiger partial charge is 0.336 e. The Morgan fingerprint density at radius 3 is 1.00 bits per heavy atom. The van der Waals surface area contributed by atoms with E-state index in [1.54, 1.807) is 0 Å². The predicted octanol–water partition coefficient (Wildman–Crippen LogP) is -5.28. The minimum Gasteiger partial charge on any atom is -0.394 e. The number of aromatic nitrogens is 3. The van der Waals surface area contributed by atoms with Crippen molar-refractivity contribution < 1.29 is 43.9 Å². The lowest BCUT2D eigenvalue weighted by Crippen LogP contribution is -2.56. The molecule has 0 aromatic carbocycles. The van der Waals surface area contributed by atoms with Crippen molar-refractivity contribution in [3.8, 4) is 0 Å². The molecule has 0 saturated heterocycles. The fraction of sp³-hybridized carbons (Fsp3) is 0.750. The molecule has 0 aliphatic carbocycles. The zero-order valence-electron chi connectivity index (χ0n) is 23.6. The van der Waals surface area contributed by atoms with Crippen LogP contribution in [0.25, 0.3) is 0 Å². The number of rotatable bonds is 24. The van der Waals surface area contributed by atoms with E-state index in [9.17, 15) is 28.8 Å². The summed E-state index contributed by atoms with van der Waals surface area (Å²) in [5, 5.41) is 33.7. The minimum absolute atomic E-state index is 0.00585. The molecule has 0 radical (unpaired) electrons. The van der Waals surface area contributed by atoms with Crippen LogP contribution in [0, 0.1) is 0 Å². The van der Waals surface area contributed by atoms with Crippen molar-refractivity contribution >= 4 is 17.7 Å². The number of aliphatic hydroxyl groups is 3. The van der Waals surface area contributed by atoms with E-state index in [2.05, 4.69) is 16.0 Å². The molecule has 1 aromatic heterocycles. The Hall–Kier alpha value is -3.42. The van der Waals surface area contributed by atoms with Crippen LogP contribution in [-0.4, -0.2) is 126 Å². The topological polar surface area (TPSA) is 242 Å². The van der Waals surface area contributed by atoms with Crippen molar-refractivity contribution in [3.05, 3.63) is 31.5 Å². The second-order valence-electron chi connectivity index (χ2n) is 8.61. The fourth-order valence-electron chi connectivity index (χ4n) is 3.44. The summed E-state index contributed by atoms with van der Waals surface area (Å²) in [4.78, 5) is 75.1. The Kier molecular flexibility index (Phi) is 19.4. The highest BCUT2D eigenvalue weighted by Crippen LogP contribution is 1.86. The van der Waals surface area contributed by atoms with Crippen molar-refractivity contribution in [2.24, 2.45) is 0 Å². The molecule has 1 heterocycles. The molecule has 0 unspecified atom stereocenters. The van der Waals surface area contributed by atoms with Crippen LogP contribution in [0.4, 0.5) is 0 Å². The molecule has 240 valence electrons. The van der Waals surface area contributed by atoms with Gasteiger partial charge in [0.15, 0.2) is 0 Å². The SMILES string of the molecule is O=C(CCOCCO)NCCn1c(=O)n(CCNC(=O)CCOCCO)c(=O)n(CCNC(=O)CCOCCO)c1=O. The normalized spacial score (nSPS) is 10.9. The van der Waals surface area contributed by atoms with Gasteiger partial charge in [-0.05, 0) is 0 Å². The summed E-state index contributed by atoms with van der Waals surface area (Å²) in [5.74, 6) is -1.23. The Balaban J connectivity index is 2.95. The summed E-state index contributed by atoms with van der Waals surface area (Å²) < 4.78 is 17.4. The highest BCUT2D eigenvalue weighted by atomic mass is 16.5. The van der Waals surface area contributed by atoms with Crippen LogP contribution in [-0.2, 0) is 48.2 Å². The molecule has 0 atom stereocenters. The maximum atomic E-state index is 13.1. The van der Waals surface area contributed by atoms with E-state index in [0.29, 0.717) is 0 Å². The molecule has 0 spiro atoms. The molecule has 3 amide bonds. The lowest BCUT2D eigenvalue weighted by Gasteiger charge is -2.15. The number of nitrogens with zero attached hydrogens (tertiary/aromatic N) is 3. The molecule has 0 aliphatic heterocycles. The van der Waals surface area contributed by atoms with E-state index in [-0.39, 0.29) is 118 Å². The van der Waals surface area contributed by atoms with Crippen LogP contribution in [0.15, 0.2) is 14.4 Å². The van der Waals surface area contributed by atoms with Gasteiger partial charge in [-0.1, -0.05) is 0 Å². The number of hydrogen-bond acceptors (Lipinski definition) is 12. The van der Waals surface area contributed by atoms with E-state index >= 15 is 0 Å². The number of ether oxygens (including phenoxy) is 3. The number of carbonyl (C=O) groups is 3. The van der Waals surface area contributed by atoms with Crippen molar-refractivity contribution in [1.82, 2.24) is 29.7 Å². The van der Waals surface area contributed by atoms with Crippen molar-refractivity contribution in [1.29, 1.82) is 0 Å². The summed E-state index contributed by atoms with van der Waals surface area (Å²) in [6.45, 7) is -1.19. The number of aliphatic hydroxyl groups excluding tert-OH is 3. The quantitative estimate of drug-likeness (QED) is 0.0605. The van der Waals surface area contributed by atoms with Gasteiger partial charge in [0.25, 0.3) is 0 Å². The first-order chi connectivity index (χ1) is 20.3. The molecule has 0 saturated carbocycles. The lowest BCUT2D eigenvalue weighted by atomic mass is 10.4. The standard InChI is InChI=1S/C24H42N6O12/c31-10-16-40-13-1-19(34)25-4-7-28-22(37)29(8-5-26-20(35)2-14-41-17-11-32)24(39)30(23(28)38)9-6-27-21(36)3-15-42-18-12-33/h31-33H,1-18H2,(H,25,34)(H,26,35)(H,27,36). The molecule has 42 heavy (non-hydrogen) atoms. The Morgan fingerprint density at radius 1 is 0.500 bits per heavy atom. The van der Waals surface area contributed by atoms with Gasteiger partial charge in [0.1, 0.15) is 0 Å². The van der Waals surface area contributed by atoms with Gasteiger partial charge in [-0.25, -0.2) is 28.1 Å². The highest BCUT2D eigenvalue weighted by molar-refractivity contribution is 5.76. The molecule has 1 rings (SSSR count). The van der Waals surface area contributed by atoms with E-state index in [1.807, 2.05) is 0 Å². The monoisotopic (exact) mass is 606 g/mol. The zero-order valence-corrected chi connectivity index (χ0v) is 23.6. The number of carbonyl (C=O) groups excluding carboxylic acids is 3. The first-order valence-electron chi connectivity index (χ1n) is 13.6. The van der Waals surface area contributed by atoms with Gasteiger partial charge in [0, 0.05) is 58.5 Å². The fourth-order valence-corrected chi connectivity index (χ4v) is 3.44. The molecule has 6 N–H and O–H groups in total. The van der Waals surface area contributed by atoms with E-state index in [0.717, 1.165) is 13.7 Å². The third-order valence-electron chi connectivity index (χ3n) is 5.49. The Morgan fingerprint density at radius 2 is 0.762 bits per heavy atom. The van der Waals surface area contributed by atoms with Crippen LogP contribution < -0.4 is 33.0 Å². The summed E-state index contributed by atoms with van der Waals surface area (Å²) in [6.07, 6.45) is -0.0175. The van der Waals surface area contributed by atoms with Gasteiger partial charge in [0.2, 0.25) is 17.7 Å². The first kappa shape index (κ1) is 36.6. The summed E-state index contributed by atoms with van der Waals surface area (Å²) >= 11 is 0. The van der Waals surface area contributed by atoms with E-state index in [1.165, 1.54) is 0 Å². The van der Waals surface area contributed by atoms with Crippen LogP contribution in [0.3, 0.4) is 0 Å². The van der Waals surface area contributed by atoms with Gasteiger partial charge in [-0.15, -0.1) is 0 Å². The van der Waals surface area contributed by atoms with Gasteiger partial charge >= 0.3 is 17.1 Å². The molecule has 0 fully saturated rings. The average molecular weight is 607 g/mol. The highest BCUT2D eigenvalue weighted by Gasteiger charge is 2.16. The first-order valence-corrected chi connectivity index (χ1v) is 13.6. The molecule has 18 nitrogen and oxygen atoms in total. The minimum atomic E-state index is -0.938. The van der Waals surface area contributed by atoms with Gasteiger partial charge < -0.3 is 45.5 Å². The number of nitrogens with one attached hydrogen (secondary N) is 3. The zero-order chi connectivity index (χ0) is 31.2. The second kappa shape index (κ2) is 22.2. The molecule has 0 aliphatic rings. The van der Waals surface area contributed by atoms with E-state index < -0.39 is 34.8 Å². The Bertz CT molecular complexity index is 964. The van der Waals surface area contributed by atoms with Gasteiger partial charge in [0.05, 0.1) is 59.5 Å². The van der Waals surface area contributed by atoms with Crippen molar-refractivity contribution in [2.45, 2.75) is 38.9 Å². The second-order valence-corrected chi connectivity index (χ2v) is 8.61. The van der Waals surface area contributed by atoms with E-state index in [4.69, 9.17) is 29.5 Å². The van der Waals surface area contributed by atoms with Crippen molar-refractivity contribution in [2.75, 3.05) is 79.1 Å². The largest absolute Gasteiger partial charge is 0.394 e. The maximum Gasteiger partial charge on any atom is 0.336 e. The molecule has 0 bridgehead atoms. The predicted molar refractivity (Wildman–Crippen MR) is 146 cm³/mol. The van der Waals surface area contributed by atoms with Crippen LogP contribution in [0.2, 0.25) is 0 Å². The average Bonchev–Trinajstić information content (AvgIpc) is 2.97. The molecular formula is C24H42N6O12. The van der Waals surface area contributed by atoms with Crippen LogP contribution >= 0.6 is 0 Å². The van der Waals surface area contributed by atoms with Gasteiger partial charge in [-0.3, -0.25) is 14.4 Å². The summed E-state index contributed by atoms with van der Waals surface area (Å²) in [7, 11) is 0. The molecule has 1 aromatic rings. The maximum absolute atomic E-state index is 13.1. The number of amides is 3. The summed E-state index contributed by atoms with van der Waals surface area (Å²) in [6, 6.07) is 0. The summed E-state index contributed by atoms with van der Waals surface area (Å²) in [5.41, 5.74) is -2.81. The molecular weight excluding hydrogens is 564 g/mol. The Labute approximate surface area is 241 Å². The van der Waals surface area contributed by atoms with Crippen molar-refractivity contribution in [3.63, 3.8) is 0 Å². The third-order valence-corrected chi connectivity index (χ3v) is 5.49. The van der Waals surface area contributed by atoms with Gasteiger partial charge in [-0.2, -0.15) is 0 Å².